The number of H-pyrrole nitrogens is 1. The summed E-state index contributed by atoms with van der Waals surface area (Å²) in [6.07, 6.45) is 0. The lowest BCUT2D eigenvalue weighted by molar-refractivity contribution is 0.555. The number of fused-ring (bicyclic) bond motifs is 1. The SMILES string of the molecule is Cc1cccc(N)c1Nc1ccc2[nH]c(=O)oc2c1. The predicted octanol–water partition coefficient (Wildman–Crippen LogP) is 2.76. The molecule has 0 amide bonds. The van der Waals surface area contributed by atoms with Crippen LogP contribution in [0.5, 0.6) is 0 Å². The molecule has 96 valence electrons. The summed E-state index contributed by atoms with van der Waals surface area (Å²) in [6.45, 7) is 1.98. The van der Waals surface area contributed by atoms with Crippen LogP contribution < -0.4 is 16.8 Å². The average molecular weight is 255 g/mol. The second-order valence-corrected chi connectivity index (χ2v) is 4.39. The fourth-order valence-corrected chi connectivity index (χ4v) is 2.03. The zero-order valence-electron chi connectivity index (χ0n) is 10.4. The van der Waals surface area contributed by atoms with Crippen LogP contribution in [0, 0.1) is 6.92 Å². The van der Waals surface area contributed by atoms with E-state index in [1.165, 1.54) is 0 Å². The highest BCUT2D eigenvalue weighted by Crippen LogP contribution is 2.27. The highest BCUT2D eigenvalue weighted by molar-refractivity contribution is 5.81. The lowest BCUT2D eigenvalue weighted by atomic mass is 10.1. The summed E-state index contributed by atoms with van der Waals surface area (Å²) in [5.41, 5.74) is 10.5. The molecular weight excluding hydrogens is 242 g/mol. The van der Waals surface area contributed by atoms with Crippen molar-refractivity contribution in [3.05, 3.63) is 52.5 Å². The summed E-state index contributed by atoms with van der Waals surface area (Å²) in [4.78, 5) is 13.7. The zero-order chi connectivity index (χ0) is 13.4. The van der Waals surface area contributed by atoms with Crippen molar-refractivity contribution in [3.63, 3.8) is 0 Å². The fourth-order valence-electron chi connectivity index (χ4n) is 2.03. The van der Waals surface area contributed by atoms with Gasteiger partial charge in [0, 0.05) is 11.8 Å². The van der Waals surface area contributed by atoms with Crippen molar-refractivity contribution in [1.29, 1.82) is 0 Å². The Bertz CT molecular complexity index is 782. The Kier molecular flexibility index (Phi) is 2.52. The third kappa shape index (κ3) is 2.06. The van der Waals surface area contributed by atoms with Gasteiger partial charge in [0.2, 0.25) is 0 Å². The van der Waals surface area contributed by atoms with E-state index < -0.39 is 5.76 Å². The van der Waals surface area contributed by atoms with Gasteiger partial charge in [-0.25, -0.2) is 4.79 Å². The van der Waals surface area contributed by atoms with Gasteiger partial charge in [-0.1, -0.05) is 12.1 Å². The molecular formula is C14H13N3O2. The van der Waals surface area contributed by atoms with Crippen LogP contribution in [-0.4, -0.2) is 4.98 Å². The van der Waals surface area contributed by atoms with Crippen LogP contribution >= 0.6 is 0 Å². The molecule has 0 aliphatic rings. The molecule has 1 aromatic heterocycles. The topological polar surface area (TPSA) is 84.0 Å². The smallest absolute Gasteiger partial charge is 0.408 e. The number of oxazole rings is 1. The van der Waals surface area contributed by atoms with Crippen LogP contribution in [0.1, 0.15) is 5.56 Å². The number of hydrogen-bond donors (Lipinski definition) is 3. The Labute approximate surface area is 109 Å². The first-order valence-electron chi connectivity index (χ1n) is 5.88. The van der Waals surface area contributed by atoms with Crippen molar-refractivity contribution < 1.29 is 4.42 Å². The maximum absolute atomic E-state index is 11.1. The van der Waals surface area contributed by atoms with Crippen LogP contribution in [0.2, 0.25) is 0 Å². The number of nitrogens with one attached hydrogen (secondary N) is 2. The van der Waals surface area contributed by atoms with E-state index in [-0.39, 0.29) is 0 Å². The number of benzene rings is 2. The van der Waals surface area contributed by atoms with Gasteiger partial charge in [-0.3, -0.25) is 4.98 Å². The Balaban J connectivity index is 2.03. The van der Waals surface area contributed by atoms with Gasteiger partial charge >= 0.3 is 5.76 Å². The van der Waals surface area contributed by atoms with Crippen molar-refractivity contribution >= 4 is 28.2 Å². The molecule has 1 heterocycles. The summed E-state index contributed by atoms with van der Waals surface area (Å²) in [5, 5.41) is 3.24. The number of para-hydroxylation sites is 1. The molecule has 0 atom stereocenters. The van der Waals surface area contributed by atoms with Crippen LogP contribution in [-0.2, 0) is 0 Å². The van der Waals surface area contributed by atoms with E-state index >= 15 is 0 Å². The van der Waals surface area contributed by atoms with Gasteiger partial charge in [-0.2, -0.15) is 0 Å². The average Bonchev–Trinajstić information content (AvgIpc) is 2.73. The summed E-state index contributed by atoms with van der Waals surface area (Å²) in [6, 6.07) is 11.1. The van der Waals surface area contributed by atoms with E-state index in [1.807, 2.05) is 31.2 Å². The van der Waals surface area contributed by atoms with E-state index in [0.29, 0.717) is 16.8 Å². The molecule has 0 bridgehead atoms. The minimum Gasteiger partial charge on any atom is -0.408 e. The van der Waals surface area contributed by atoms with Crippen molar-refractivity contribution in [1.82, 2.24) is 4.98 Å². The second-order valence-electron chi connectivity index (χ2n) is 4.39. The summed E-state index contributed by atoms with van der Waals surface area (Å²) in [7, 11) is 0. The molecule has 0 unspecified atom stereocenters. The number of aromatic amines is 1. The number of anilines is 3. The van der Waals surface area contributed by atoms with E-state index in [9.17, 15) is 4.79 Å². The highest BCUT2D eigenvalue weighted by atomic mass is 16.4. The first-order chi connectivity index (χ1) is 9.13. The minimum atomic E-state index is -0.456. The second kappa shape index (κ2) is 4.20. The number of aryl methyl sites for hydroxylation is 1. The lowest BCUT2D eigenvalue weighted by Gasteiger charge is -2.11. The molecule has 0 spiro atoms. The summed E-state index contributed by atoms with van der Waals surface area (Å²) < 4.78 is 5.02. The Morgan fingerprint density at radius 2 is 2.11 bits per heavy atom. The molecule has 5 heteroatoms. The molecule has 3 rings (SSSR count). The number of hydrogen-bond acceptors (Lipinski definition) is 4. The lowest BCUT2D eigenvalue weighted by Crippen LogP contribution is -1.98. The highest BCUT2D eigenvalue weighted by Gasteiger charge is 2.05. The van der Waals surface area contributed by atoms with E-state index in [0.717, 1.165) is 16.9 Å². The van der Waals surface area contributed by atoms with Crippen molar-refractivity contribution in [2.75, 3.05) is 11.1 Å². The van der Waals surface area contributed by atoms with Gasteiger partial charge in [-0.15, -0.1) is 0 Å². The molecule has 0 aliphatic carbocycles. The van der Waals surface area contributed by atoms with E-state index in [1.54, 1.807) is 12.1 Å². The van der Waals surface area contributed by atoms with Crippen molar-refractivity contribution in [2.24, 2.45) is 0 Å². The first kappa shape index (κ1) is 11.4. The largest absolute Gasteiger partial charge is 0.417 e. The molecule has 0 radical (unpaired) electrons. The van der Waals surface area contributed by atoms with Gasteiger partial charge in [0.15, 0.2) is 5.58 Å². The Morgan fingerprint density at radius 1 is 1.26 bits per heavy atom. The molecule has 3 aromatic rings. The molecule has 0 fully saturated rings. The molecule has 4 N–H and O–H groups in total. The monoisotopic (exact) mass is 255 g/mol. The maximum Gasteiger partial charge on any atom is 0.417 e. The third-order valence-electron chi connectivity index (χ3n) is 3.00. The van der Waals surface area contributed by atoms with Crippen LogP contribution in [0.3, 0.4) is 0 Å². The maximum atomic E-state index is 11.1. The molecule has 0 saturated heterocycles. The van der Waals surface area contributed by atoms with Gasteiger partial charge in [-0.05, 0) is 30.7 Å². The van der Waals surface area contributed by atoms with Gasteiger partial charge in [0.05, 0.1) is 16.9 Å². The van der Waals surface area contributed by atoms with Gasteiger partial charge in [0.25, 0.3) is 0 Å². The normalized spacial score (nSPS) is 10.8. The Hall–Kier alpha value is -2.69. The van der Waals surface area contributed by atoms with Gasteiger partial charge in [0.1, 0.15) is 0 Å². The molecule has 0 saturated carbocycles. The van der Waals surface area contributed by atoms with Crippen LogP contribution in [0.4, 0.5) is 17.1 Å². The fraction of sp³-hybridized carbons (Fsp3) is 0.0714. The van der Waals surface area contributed by atoms with Crippen molar-refractivity contribution in [3.8, 4) is 0 Å². The number of aromatic nitrogens is 1. The standard InChI is InChI=1S/C14H13N3O2/c1-8-3-2-4-10(15)13(8)16-9-5-6-11-12(7-9)19-14(18)17-11/h2-7,16H,15H2,1H3,(H,17,18). The summed E-state index contributed by atoms with van der Waals surface area (Å²) >= 11 is 0. The molecule has 2 aromatic carbocycles. The zero-order valence-corrected chi connectivity index (χ0v) is 10.4. The van der Waals surface area contributed by atoms with E-state index in [4.69, 9.17) is 10.2 Å². The first-order valence-corrected chi connectivity index (χ1v) is 5.88. The van der Waals surface area contributed by atoms with Gasteiger partial charge < -0.3 is 15.5 Å². The van der Waals surface area contributed by atoms with Crippen LogP contribution in [0.15, 0.2) is 45.6 Å². The van der Waals surface area contributed by atoms with E-state index in [2.05, 4.69) is 10.3 Å². The molecule has 0 aliphatic heterocycles. The number of nitrogen functional groups attached to an aromatic ring is 1. The number of rotatable bonds is 2. The summed E-state index contributed by atoms with van der Waals surface area (Å²) in [5.74, 6) is -0.456. The molecule has 5 nitrogen and oxygen atoms in total. The third-order valence-corrected chi connectivity index (χ3v) is 3.00. The van der Waals surface area contributed by atoms with Crippen molar-refractivity contribution in [2.45, 2.75) is 6.92 Å². The Morgan fingerprint density at radius 3 is 2.89 bits per heavy atom. The molecule has 19 heavy (non-hydrogen) atoms. The van der Waals surface area contributed by atoms with Crippen LogP contribution in [0.25, 0.3) is 11.1 Å². The quantitative estimate of drug-likeness (QED) is 0.615. The number of nitrogens with two attached hydrogens (primary N) is 1. The predicted molar refractivity (Wildman–Crippen MR) is 75.7 cm³/mol. The minimum absolute atomic E-state index is 0.456.